The van der Waals surface area contributed by atoms with E-state index in [9.17, 15) is 14.3 Å². The van der Waals surface area contributed by atoms with E-state index in [1.54, 1.807) is 24.3 Å². The van der Waals surface area contributed by atoms with E-state index in [0.717, 1.165) is 45.6 Å². The molecule has 2 N–H and O–H groups in total. The summed E-state index contributed by atoms with van der Waals surface area (Å²) in [6.45, 7) is 4.97. The number of rotatable bonds is 6. The predicted molar refractivity (Wildman–Crippen MR) is 122 cm³/mol. The number of halogens is 1. The summed E-state index contributed by atoms with van der Waals surface area (Å²) < 4.78 is 19.7. The van der Waals surface area contributed by atoms with E-state index in [-0.39, 0.29) is 17.5 Å². The van der Waals surface area contributed by atoms with Gasteiger partial charge in [-0.2, -0.15) is 0 Å². The molecule has 2 aliphatic rings. The average molecular weight is 441 g/mol. The first-order chi connectivity index (χ1) is 15.6. The normalized spacial score (nSPS) is 19.8. The molecule has 0 spiro atoms. The molecule has 0 bridgehead atoms. The number of hydrogen-bond donors (Lipinski definition) is 2. The Bertz CT molecular complexity index is 954. The number of carboxylic acids is 1. The first kappa shape index (κ1) is 22.2. The van der Waals surface area contributed by atoms with Gasteiger partial charge in [0, 0.05) is 50.6 Å². The summed E-state index contributed by atoms with van der Waals surface area (Å²) >= 11 is 0. The number of aliphatic imine (C=N–C) groups is 1. The molecule has 32 heavy (non-hydrogen) atoms. The number of aromatic carboxylic acids is 1. The summed E-state index contributed by atoms with van der Waals surface area (Å²) in [7, 11) is 0. The highest BCUT2D eigenvalue weighted by Crippen LogP contribution is 2.16. The number of piperazine rings is 1. The summed E-state index contributed by atoms with van der Waals surface area (Å²) in [5.74, 6) is -0.421. The molecule has 0 amide bonds. The molecule has 0 aromatic heterocycles. The van der Waals surface area contributed by atoms with Gasteiger partial charge in [-0.15, -0.1) is 0 Å². The van der Waals surface area contributed by atoms with E-state index in [4.69, 9.17) is 9.73 Å². The van der Waals surface area contributed by atoms with Gasteiger partial charge < -0.3 is 20.1 Å². The van der Waals surface area contributed by atoms with Crippen molar-refractivity contribution in [2.24, 2.45) is 4.99 Å². The molecule has 0 radical (unpaired) electrons. The summed E-state index contributed by atoms with van der Waals surface area (Å²) in [6.07, 6.45) is 2.18. The van der Waals surface area contributed by atoms with Gasteiger partial charge in [0.15, 0.2) is 5.96 Å². The van der Waals surface area contributed by atoms with Gasteiger partial charge in [0.05, 0.1) is 18.2 Å². The Hall–Kier alpha value is -2.97. The Morgan fingerprint density at radius 3 is 2.69 bits per heavy atom. The first-order valence-electron chi connectivity index (χ1n) is 11.1. The fraction of sp³-hybridized carbons (Fsp3) is 0.417. The van der Waals surface area contributed by atoms with Crippen LogP contribution in [-0.4, -0.2) is 72.3 Å². The molecular formula is C24H29FN4O3. The van der Waals surface area contributed by atoms with Crippen LogP contribution in [0.5, 0.6) is 0 Å². The number of guanidine groups is 1. The van der Waals surface area contributed by atoms with Crippen molar-refractivity contribution in [1.29, 1.82) is 0 Å². The second-order valence-electron chi connectivity index (χ2n) is 8.16. The van der Waals surface area contributed by atoms with Crippen LogP contribution in [0.15, 0.2) is 53.5 Å². The van der Waals surface area contributed by atoms with Crippen molar-refractivity contribution in [3.8, 4) is 0 Å². The highest BCUT2D eigenvalue weighted by molar-refractivity contribution is 5.95. The second kappa shape index (κ2) is 10.6. The predicted octanol–water partition coefficient (Wildman–Crippen LogP) is 3.29. The minimum Gasteiger partial charge on any atom is -0.478 e. The lowest BCUT2D eigenvalue weighted by atomic mass is 10.2. The van der Waals surface area contributed by atoms with Gasteiger partial charge in [-0.25, -0.2) is 9.18 Å². The molecule has 2 aromatic rings. The monoisotopic (exact) mass is 440 g/mol. The van der Waals surface area contributed by atoms with Crippen LogP contribution in [0.2, 0.25) is 0 Å². The zero-order valence-corrected chi connectivity index (χ0v) is 18.0. The number of anilines is 1. The molecule has 0 saturated carbocycles. The quantitative estimate of drug-likeness (QED) is 0.530. The van der Waals surface area contributed by atoms with Crippen molar-refractivity contribution in [1.82, 2.24) is 9.80 Å². The van der Waals surface area contributed by atoms with Crippen molar-refractivity contribution in [2.75, 3.05) is 44.6 Å². The van der Waals surface area contributed by atoms with E-state index in [1.807, 2.05) is 18.2 Å². The number of nitrogens with one attached hydrogen (secondary N) is 1. The average Bonchev–Trinajstić information content (AvgIpc) is 3.33. The standard InChI is InChI=1S/C24H29FN4O3/c25-22-9-2-1-5-19(22)17-28-10-12-29(13-11-28)24(26-16-21-8-4-14-32-21)27-20-7-3-6-18(15-20)23(30)31/h1-3,5-7,9,15,21H,4,8,10-14,16-17H2,(H,26,27)(H,30,31). The molecule has 2 heterocycles. The Morgan fingerprint density at radius 1 is 1.16 bits per heavy atom. The Kier molecular flexibility index (Phi) is 7.34. The second-order valence-corrected chi connectivity index (χ2v) is 8.16. The largest absolute Gasteiger partial charge is 0.478 e. The number of carboxylic acid groups (broad SMARTS) is 1. The number of hydrogen-bond acceptors (Lipinski definition) is 4. The zero-order chi connectivity index (χ0) is 22.3. The van der Waals surface area contributed by atoms with Crippen molar-refractivity contribution in [3.05, 3.63) is 65.5 Å². The van der Waals surface area contributed by atoms with Crippen LogP contribution in [0.1, 0.15) is 28.8 Å². The smallest absolute Gasteiger partial charge is 0.335 e. The van der Waals surface area contributed by atoms with Crippen molar-refractivity contribution >= 4 is 17.6 Å². The minimum atomic E-state index is -0.965. The molecule has 2 aromatic carbocycles. The maximum atomic E-state index is 14.0. The van der Waals surface area contributed by atoms with Crippen LogP contribution in [0.25, 0.3) is 0 Å². The zero-order valence-electron chi connectivity index (χ0n) is 18.0. The third kappa shape index (κ3) is 5.83. The Morgan fingerprint density at radius 2 is 1.97 bits per heavy atom. The van der Waals surface area contributed by atoms with E-state index in [1.165, 1.54) is 6.07 Å². The van der Waals surface area contributed by atoms with E-state index in [0.29, 0.717) is 30.3 Å². The van der Waals surface area contributed by atoms with Crippen LogP contribution >= 0.6 is 0 Å². The van der Waals surface area contributed by atoms with Gasteiger partial charge >= 0.3 is 5.97 Å². The lowest BCUT2D eigenvalue weighted by molar-refractivity contribution is 0.0697. The molecule has 1 atom stereocenters. The van der Waals surface area contributed by atoms with E-state index >= 15 is 0 Å². The van der Waals surface area contributed by atoms with Crippen molar-refractivity contribution in [3.63, 3.8) is 0 Å². The van der Waals surface area contributed by atoms with Gasteiger partial charge in [-0.3, -0.25) is 9.89 Å². The molecule has 2 fully saturated rings. The SMILES string of the molecule is O=C(O)c1cccc(NC(=NCC2CCCO2)N2CCN(Cc3ccccc3F)CC2)c1. The van der Waals surface area contributed by atoms with E-state index < -0.39 is 5.97 Å². The topological polar surface area (TPSA) is 77.4 Å². The van der Waals surface area contributed by atoms with Crippen molar-refractivity contribution < 1.29 is 19.0 Å². The molecule has 0 aliphatic carbocycles. The van der Waals surface area contributed by atoms with Gasteiger partial charge in [0.25, 0.3) is 0 Å². The summed E-state index contributed by atoms with van der Waals surface area (Å²) in [4.78, 5) is 20.5. The molecule has 7 nitrogen and oxygen atoms in total. The third-order valence-corrected chi connectivity index (χ3v) is 5.86. The highest BCUT2D eigenvalue weighted by Gasteiger charge is 2.22. The van der Waals surface area contributed by atoms with Crippen LogP contribution in [0.3, 0.4) is 0 Å². The van der Waals surface area contributed by atoms with Gasteiger partial charge in [-0.1, -0.05) is 24.3 Å². The molecule has 1 unspecified atom stereocenters. The molecule has 2 saturated heterocycles. The minimum absolute atomic E-state index is 0.125. The first-order valence-corrected chi connectivity index (χ1v) is 11.1. The van der Waals surface area contributed by atoms with Crippen molar-refractivity contribution in [2.45, 2.75) is 25.5 Å². The molecule has 2 aliphatic heterocycles. The molecular weight excluding hydrogens is 411 g/mol. The number of carbonyl (C=O) groups is 1. The third-order valence-electron chi connectivity index (χ3n) is 5.86. The summed E-state index contributed by atoms with van der Waals surface area (Å²) in [5.41, 5.74) is 1.62. The maximum absolute atomic E-state index is 14.0. The fourth-order valence-electron chi connectivity index (χ4n) is 4.04. The number of benzene rings is 2. The van der Waals surface area contributed by atoms with Gasteiger partial charge in [0.1, 0.15) is 5.82 Å². The Labute approximate surface area is 187 Å². The van der Waals surface area contributed by atoms with Crippen LogP contribution in [0, 0.1) is 5.82 Å². The molecule has 170 valence electrons. The lowest BCUT2D eigenvalue weighted by Crippen LogP contribution is -2.50. The van der Waals surface area contributed by atoms with Gasteiger partial charge in [-0.05, 0) is 37.1 Å². The lowest BCUT2D eigenvalue weighted by Gasteiger charge is -2.36. The number of ether oxygens (including phenoxy) is 1. The van der Waals surface area contributed by atoms with Crippen LogP contribution in [-0.2, 0) is 11.3 Å². The summed E-state index contributed by atoms with van der Waals surface area (Å²) in [5, 5.41) is 12.6. The summed E-state index contributed by atoms with van der Waals surface area (Å²) in [6, 6.07) is 13.6. The molecule has 4 rings (SSSR count). The van der Waals surface area contributed by atoms with Crippen LogP contribution < -0.4 is 5.32 Å². The van der Waals surface area contributed by atoms with Gasteiger partial charge in [0.2, 0.25) is 0 Å². The van der Waals surface area contributed by atoms with Crippen LogP contribution in [0.4, 0.5) is 10.1 Å². The Balaban J connectivity index is 1.43. The van der Waals surface area contributed by atoms with E-state index in [2.05, 4.69) is 15.1 Å². The number of nitrogens with zero attached hydrogens (tertiary/aromatic N) is 3. The molecule has 8 heteroatoms. The highest BCUT2D eigenvalue weighted by atomic mass is 19.1. The fourth-order valence-corrected chi connectivity index (χ4v) is 4.04. The maximum Gasteiger partial charge on any atom is 0.335 e.